The van der Waals surface area contributed by atoms with Crippen LogP contribution in [0.25, 0.3) is 0 Å². The number of aliphatic carboxylic acids is 1. The molecule has 0 aliphatic heterocycles. The quantitative estimate of drug-likeness (QED) is 0.408. The van der Waals surface area contributed by atoms with E-state index in [1.165, 1.54) is 19.4 Å². The van der Waals surface area contributed by atoms with E-state index in [4.69, 9.17) is 15.9 Å². The van der Waals surface area contributed by atoms with Crippen LogP contribution >= 0.6 is 0 Å². The summed E-state index contributed by atoms with van der Waals surface area (Å²) >= 11 is 0. The Hall–Kier alpha value is -1.93. The van der Waals surface area contributed by atoms with Gasteiger partial charge in [-0.25, -0.2) is 9.78 Å². The molecule has 0 saturated carbocycles. The molecule has 0 aromatic carbocycles. The number of carbonyl (C=O) groups is 2. The molecule has 1 rings (SSSR count). The highest BCUT2D eigenvalue weighted by Gasteiger charge is 2.26. The molecule has 6 N–H and O–H groups in total. The number of carbonyl (C=O) groups excluding carboxylic acids is 1. The lowest BCUT2D eigenvalue weighted by molar-refractivity contribution is -0.142. The number of imidazole rings is 1. The van der Waals surface area contributed by atoms with Gasteiger partial charge < -0.3 is 26.2 Å². The number of hydrogen-bond acceptors (Lipinski definition) is 5. The van der Waals surface area contributed by atoms with Crippen molar-refractivity contribution >= 4 is 11.9 Å². The number of aromatic amines is 1. The van der Waals surface area contributed by atoms with Gasteiger partial charge in [0.2, 0.25) is 5.91 Å². The fourth-order valence-corrected chi connectivity index (χ4v) is 1.30. The number of nitrogens with zero attached hydrogens (tertiary/aromatic N) is 1. The second-order valence-electron chi connectivity index (χ2n) is 3.95. The van der Waals surface area contributed by atoms with Crippen molar-refractivity contribution in [1.82, 2.24) is 15.3 Å². The van der Waals surface area contributed by atoms with Crippen molar-refractivity contribution in [3.05, 3.63) is 18.2 Å². The fraction of sp³-hybridized carbons (Fsp3) is 0.500. The first-order chi connectivity index (χ1) is 8.41. The Morgan fingerprint density at radius 1 is 1.61 bits per heavy atom. The molecule has 0 bridgehead atoms. The molecular weight excluding hydrogens is 240 g/mol. The van der Waals surface area contributed by atoms with Crippen LogP contribution in [-0.4, -0.2) is 50.2 Å². The number of carboxylic acids is 1. The number of aromatic nitrogens is 2. The summed E-state index contributed by atoms with van der Waals surface area (Å²) in [7, 11) is 0. The average Bonchev–Trinajstić information content (AvgIpc) is 2.79. The lowest BCUT2D eigenvalue weighted by atomic mass is 10.1. The van der Waals surface area contributed by atoms with E-state index in [1.54, 1.807) is 0 Å². The van der Waals surface area contributed by atoms with Crippen LogP contribution in [0.3, 0.4) is 0 Å². The van der Waals surface area contributed by atoms with Crippen LogP contribution in [0.5, 0.6) is 0 Å². The van der Waals surface area contributed by atoms with Gasteiger partial charge in [0, 0.05) is 18.3 Å². The van der Waals surface area contributed by atoms with E-state index in [9.17, 15) is 9.59 Å². The van der Waals surface area contributed by atoms with Crippen LogP contribution in [0.4, 0.5) is 0 Å². The molecule has 100 valence electrons. The largest absolute Gasteiger partial charge is 0.480 e. The summed E-state index contributed by atoms with van der Waals surface area (Å²) in [6.45, 7) is 1.36. The second-order valence-corrected chi connectivity index (χ2v) is 3.95. The lowest BCUT2D eigenvalue weighted by Crippen LogP contribution is -2.52. The maximum Gasteiger partial charge on any atom is 0.326 e. The molecule has 8 heteroatoms. The van der Waals surface area contributed by atoms with Crippen LogP contribution in [0.15, 0.2) is 12.5 Å². The van der Waals surface area contributed by atoms with Gasteiger partial charge in [-0.15, -0.1) is 0 Å². The predicted octanol–water partition coefficient (Wildman–Crippen LogP) is -1.77. The van der Waals surface area contributed by atoms with Gasteiger partial charge >= 0.3 is 5.97 Å². The van der Waals surface area contributed by atoms with Crippen molar-refractivity contribution in [2.75, 3.05) is 0 Å². The first-order valence-corrected chi connectivity index (χ1v) is 5.36. The van der Waals surface area contributed by atoms with Gasteiger partial charge in [0.15, 0.2) is 0 Å². The molecule has 8 nitrogen and oxygen atoms in total. The normalized spacial score (nSPS) is 15.7. The van der Waals surface area contributed by atoms with Crippen LogP contribution in [0.2, 0.25) is 0 Å². The number of aliphatic hydroxyl groups is 1. The van der Waals surface area contributed by atoms with Crippen molar-refractivity contribution in [1.29, 1.82) is 0 Å². The number of H-pyrrole nitrogens is 1. The summed E-state index contributed by atoms with van der Waals surface area (Å²) in [6, 6.07) is -2.28. The maximum absolute atomic E-state index is 11.5. The van der Waals surface area contributed by atoms with Gasteiger partial charge in [-0.05, 0) is 6.92 Å². The van der Waals surface area contributed by atoms with E-state index in [2.05, 4.69) is 15.3 Å². The monoisotopic (exact) mass is 256 g/mol. The third kappa shape index (κ3) is 3.82. The zero-order chi connectivity index (χ0) is 13.7. The predicted molar refractivity (Wildman–Crippen MR) is 61.5 cm³/mol. The summed E-state index contributed by atoms with van der Waals surface area (Å²) in [4.78, 5) is 29.0. The Kier molecular flexibility index (Phi) is 4.81. The maximum atomic E-state index is 11.5. The Labute approximate surface area is 103 Å². The van der Waals surface area contributed by atoms with E-state index in [-0.39, 0.29) is 6.42 Å². The minimum atomic E-state index is -1.18. The highest BCUT2D eigenvalue weighted by Crippen LogP contribution is 2.00. The molecule has 1 aromatic heterocycles. The SMILES string of the molecule is C[C@@H](O)[C@H](N)C(=O)N[C@@H](Cc1cnc[nH]1)C(=O)O. The number of rotatable bonds is 6. The van der Waals surface area contributed by atoms with Crippen molar-refractivity contribution < 1.29 is 19.8 Å². The van der Waals surface area contributed by atoms with Crippen molar-refractivity contribution in [2.24, 2.45) is 5.73 Å². The summed E-state index contributed by atoms with van der Waals surface area (Å²) in [6.07, 6.45) is 1.90. The number of carboxylic acid groups (broad SMARTS) is 1. The van der Waals surface area contributed by atoms with Crippen molar-refractivity contribution in [2.45, 2.75) is 31.5 Å². The molecular formula is C10H16N4O4. The van der Waals surface area contributed by atoms with E-state index in [0.29, 0.717) is 5.69 Å². The Bertz CT molecular complexity index is 404. The third-order valence-electron chi connectivity index (χ3n) is 2.42. The Balaban J connectivity index is 2.64. The van der Waals surface area contributed by atoms with Crippen LogP contribution in [-0.2, 0) is 16.0 Å². The molecule has 0 unspecified atom stereocenters. The Morgan fingerprint density at radius 3 is 2.72 bits per heavy atom. The Morgan fingerprint density at radius 2 is 2.28 bits per heavy atom. The molecule has 0 saturated heterocycles. The summed E-state index contributed by atoms with van der Waals surface area (Å²) in [5.41, 5.74) is 5.98. The molecule has 0 fully saturated rings. The van der Waals surface area contributed by atoms with Crippen molar-refractivity contribution in [3.8, 4) is 0 Å². The minimum absolute atomic E-state index is 0.0631. The van der Waals surface area contributed by atoms with Gasteiger partial charge in [-0.3, -0.25) is 4.79 Å². The van der Waals surface area contributed by atoms with E-state index >= 15 is 0 Å². The number of nitrogens with two attached hydrogens (primary N) is 1. The molecule has 0 radical (unpaired) electrons. The van der Waals surface area contributed by atoms with Gasteiger partial charge in [0.1, 0.15) is 12.1 Å². The van der Waals surface area contributed by atoms with Crippen LogP contribution in [0, 0.1) is 0 Å². The second kappa shape index (κ2) is 6.12. The van der Waals surface area contributed by atoms with Crippen LogP contribution < -0.4 is 11.1 Å². The van der Waals surface area contributed by atoms with E-state index in [1.807, 2.05) is 0 Å². The summed E-state index contributed by atoms with van der Waals surface area (Å²) in [5.74, 6) is -1.90. The van der Waals surface area contributed by atoms with Gasteiger partial charge in [-0.1, -0.05) is 0 Å². The van der Waals surface area contributed by atoms with Gasteiger partial charge in [-0.2, -0.15) is 0 Å². The third-order valence-corrected chi connectivity index (χ3v) is 2.42. The van der Waals surface area contributed by atoms with Crippen LogP contribution in [0.1, 0.15) is 12.6 Å². The number of hydrogen-bond donors (Lipinski definition) is 5. The molecule has 1 heterocycles. The molecule has 1 aromatic rings. The molecule has 0 aliphatic rings. The number of nitrogens with one attached hydrogen (secondary N) is 2. The molecule has 18 heavy (non-hydrogen) atoms. The van der Waals surface area contributed by atoms with Gasteiger partial charge in [0.25, 0.3) is 0 Å². The number of aliphatic hydroxyl groups excluding tert-OH is 1. The molecule has 1 amide bonds. The number of amides is 1. The average molecular weight is 256 g/mol. The topological polar surface area (TPSA) is 141 Å². The molecule has 3 atom stereocenters. The van der Waals surface area contributed by atoms with E-state index in [0.717, 1.165) is 0 Å². The lowest BCUT2D eigenvalue weighted by Gasteiger charge is -2.18. The fourth-order valence-electron chi connectivity index (χ4n) is 1.30. The van der Waals surface area contributed by atoms with E-state index < -0.39 is 30.1 Å². The zero-order valence-corrected chi connectivity index (χ0v) is 9.83. The molecule has 0 spiro atoms. The highest BCUT2D eigenvalue weighted by atomic mass is 16.4. The smallest absolute Gasteiger partial charge is 0.326 e. The highest BCUT2D eigenvalue weighted by molar-refractivity contribution is 5.87. The molecule has 0 aliphatic carbocycles. The summed E-state index contributed by atoms with van der Waals surface area (Å²) in [5, 5.41) is 20.4. The zero-order valence-electron chi connectivity index (χ0n) is 9.83. The first-order valence-electron chi connectivity index (χ1n) is 5.36. The first kappa shape index (κ1) is 14.1. The summed E-state index contributed by atoms with van der Waals surface area (Å²) < 4.78 is 0. The standard InChI is InChI=1S/C10H16N4O4/c1-5(15)8(11)9(16)14-7(10(17)18)2-6-3-12-4-13-6/h3-5,7-8,15H,2,11H2,1H3,(H,12,13)(H,14,16)(H,17,18)/t5-,7+,8+/m1/s1. The minimum Gasteiger partial charge on any atom is -0.480 e. The van der Waals surface area contributed by atoms with Crippen molar-refractivity contribution in [3.63, 3.8) is 0 Å². The van der Waals surface area contributed by atoms with Gasteiger partial charge in [0.05, 0.1) is 12.4 Å².